The molecule has 2 aromatic rings. The van der Waals surface area contributed by atoms with Crippen LogP contribution < -0.4 is 4.74 Å². The van der Waals surface area contributed by atoms with E-state index >= 15 is 0 Å². The number of pyridine rings is 1. The van der Waals surface area contributed by atoms with Crippen LogP contribution in [0.25, 0.3) is 5.69 Å². The summed E-state index contributed by atoms with van der Waals surface area (Å²) < 4.78 is 6.51. The third-order valence-corrected chi connectivity index (χ3v) is 2.19. The number of rotatable bonds is 2. The lowest BCUT2D eigenvalue weighted by Crippen LogP contribution is -1.98. The maximum atomic E-state index is 9.00. The zero-order valence-electron chi connectivity index (χ0n) is 8.95. The molecule has 0 atom stereocenters. The molecule has 0 aliphatic carbocycles. The van der Waals surface area contributed by atoms with Gasteiger partial charge in [-0.25, -0.2) is 9.97 Å². The summed E-state index contributed by atoms with van der Waals surface area (Å²) in [5, 5.41) is 17.8. The summed E-state index contributed by atoms with van der Waals surface area (Å²) in [7, 11) is 1.51. The first-order chi connectivity index (χ1) is 8.30. The number of nitriles is 2. The molecule has 0 aliphatic heterocycles. The molecule has 0 aromatic carbocycles. The molecule has 0 aliphatic rings. The molecular weight excluding hydrogens is 218 g/mol. The molecule has 0 bridgehead atoms. The number of methoxy groups -OCH3 is 1. The smallest absolute Gasteiger partial charge is 0.215 e. The fourth-order valence-electron chi connectivity index (χ4n) is 1.39. The maximum absolute atomic E-state index is 9.00. The molecule has 2 rings (SSSR count). The summed E-state index contributed by atoms with van der Waals surface area (Å²) >= 11 is 0. The highest BCUT2D eigenvalue weighted by Crippen LogP contribution is 2.16. The predicted molar refractivity (Wildman–Crippen MR) is 57.3 cm³/mol. The normalized spacial score (nSPS) is 9.35. The molecular formula is C11H7N5O. The van der Waals surface area contributed by atoms with Gasteiger partial charge in [0.05, 0.1) is 12.8 Å². The third-order valence-electron chi connectivity index (χ3n) is 2.19. The van der Waals surface area contributed by atoms with Gasteiger partial charge in [-0.1, -0.05) is 0 Å². The summed E-state index contributed by atoms with van der Waals surface area (Å²) in [5.41, 5.74) is 0.964. The molecule has 0 unspecified atom stereocenters. The van der Waals surface area contributed by atoms with Crippen LogP contribution in [-0.4, -0.2) is 21.6 Å². The summed E-state index contributed by atoms with van der Waals surface area (Å²) in [4.78, 5) is 7.82. The van der Waals surface area contributed by atoms with Gasteiger partial charge in [0.15, 0.2) is 11.4 Å². The topological polar surface area (TPSA) is 87.5 Å². The summed E-state index contributed by atoms with van der Waals surface area (Å²) in [6.07, 6.45) is 2.98. The van der Waals surface area contributed by atoms with Crippen LogP contribution in [0.15, 0.2) is 24.7 Å². The van der Waals surface area contributed by atoms with Crippen LogP contribution in [0.5, 0.6) is 5.88 Å². The van der Waals surface area contributed by atoms with Crippen LogP contribution in [0, 0.1) is 22.7 Å². The number of aromatic nitrogens is 3. The Hall–Kier alpha value is -2.86. The van der Waals surface area contributed by atoms with Crippen molar-refractivity contribution in [2.24, 2.45) is 0 Å². The van der Waals surface area contributed by atoms with Gasteiger partial charge in [-0.15, -0.1) is 0 Å². The molecule has 0 N–H and O–H groups in total. The van der Waals surface area contributed by atoms with E-state index in [1.807, 2.05) is 12.1 Å². The van der Waals surface area contributed by atoms with Crippen molar-refractivity contribution >= 4 is 0 Å². The first-order valence-corrected chi connectivity index (χ1v) is 4.68. The lowest BCUT2D eigenvalue weighted by atomic mass is 10.3. The Morgan fingerprint density at radius 2 is 2.12 bits per heavy atom. The Balaban J connectivity index is 2.58. The van der Waals surface area contributed by atoms with Crippen LogP contribution in [0.3, 0.4) is 0 Å². The number of nitrogens with zero attached hydrogens (tertiary/aromatic N) is 5. The highest BCUT2D eigenvalue weighted by Gasteiger charge is 2.11. The quantitative estimate of drug-likeness (QED) is 0.761. The highest BCUT2D eigenvalue weighted by atomic mass is 16.5. The van der Waals surface area contributed by atoms with Gasteiger partial charge < -0.3 is 4.74 Å². The molecule has 82 valence electrons. The van der Waals surface area contributed by atoms with Crippen LogP contribution >= 0.6 is 0 Å². The Kier molecular flexibility index (Phi) is 2.71. The Labute approximate surface area is 97.3 Å². The average molecular weight is 225 g/mol. The number of imidazole rings is 1. The molecule has 0 amide bonds. The Morgan fingerprint density at radius 1 is 1.29 bits per heavy atom. The molecule has 2 heterocycles. The van der Waals surface area contributed by atoms with Crippen molar-refractivity contribution in [2.75, 3.05) is 7.11 Å². The SMILES string of the molecule is COc1cc(-n2cnc(C#N)c2C#N)ccn1. The lowest BCUT2D eigenvalue weighted by molar-refractivity contribution is 0.397. The van der Waals surface area contributed by atoms with E-state index in [1.54, 1.807) is 18.3 Å². The second-order valence-corrected chi connectivity index (χ2v) is 3.09. The van der Waals surface area contributed by atoms with Crippen LogP contribution in [-0.2, 0) is 0 Å². The number of ether oxygens (including phenoxy) is 1. The average Bonchev–Trinajstić information content (AvgIpc) is 2.81. The van der Waals surface area contributed by atoms with Crippen molar-refractivity contribution in [2.45, 2.75) is 0 Å². The zero-order chi connectivity index (χ0) is 12.3. The Bertz CT molecular complexity index is 632. The largest absolute Gasteiger partial charge is 0.481 e. The minimum atomic E-state index is 0.100. The number of hydrogen-bond donors (Lipinski definition) is 0. The Morgan fingerprint density at radius 3 is 2.76 bits per heavy atom. The standard InChI is InChI=1S/C11H7N5O/c1-17-11-4-8(2-3-14-11)16-7-15-9(5-12)10(16)6-13/h2-4,7H,1H3. The van der Waals surface area contributed by atoms with Gasteiger partial charge in [0.1, 0.15) is 18.5 Å². The maximum Gasteiger partial charge on any atom is 0.215 e. The van der Waals surface area contributed by atoms with E-state index in [4.69, 9.17) is 15.3 Å². The summed E-state index contributed by atoms with van der Waals surface area (Å²) in [6.45, 7) is 0. The highest BCUT2D eigenvalue weighted by molar-refractivity contribution is 5.45. The molecule has 0 saturated heterocycles. The minimum Gasteiger partial charge on any atom is -0.481 e. The van der Waals surface area contributed by atoms with Crippen molar-refractivity contribution < 1.29 is 4.74 Å². The summed E-state index contributed by atoms with van der Waals surface area (Å²) in [6, 6.07) is 7.17. The second kappa shape index (κ2) is 4.33. The zero-order valence-corrected chi connectivity index (χ0v) is 8.95. The van der Waals surface area contributed by atoms with Crippen molar-refractivity contribution in [1.82, 2.24) is 14.5 Å². The van der Waals surface area contributed by atoms with Gasteiger partial charge in [-0.05, 0) is 6.07 Å². The molecule has 0 radical (unpaired) electrons. The van der Waals surface area contributed by atoms with E-state index < -0.39 is 0 Å². The van der Waals surface area contributed by atoms with Crippen LogP contribution in [0.2, 0.25) is 0 Å². The second-order valence-electron chi connectivity index (χ2n) is 3.09. The predicted octanol–water partition coefficient (Wildman–Crippen LogP) is 1.02. The minimum absolute atomic E-state index is 0.100. The van der Waals surface area contributed by atoms with E-state index in [1.165, 1.54) is 18.0 Å². The van der Waals surface area contributed by atoms with Crippen molar-refractivity contribution in [3.8, 4) is 23.7 Å². The van der Waals surface area contributed by atoms with E-state index in [0.29, 0.717) is 11.6 Å². The van der Waals surface area contributed by atoms with Crippen LogP contribution in [0.4, 0.5) is 0 Å². The van der Waals surface area contributed by atoms with E-state index in [0.717, 1.165) is 0 Å². The monoisotopic (exact) mass is 225 g/mol. The molecule has 2 aromatic heterocycles. The molecule has 6 nitrogen and oxygen atoms in total. The number of hydrogen-bond acceptors (Lipinski definition) is 5. The summed E-state index contributed by atoms with van der Waals surface area (Å²) in [5.74, 6) is 0.429. The van der Waals surface area contributed by atoms with Gasteiger partial charge in [0.2, 0.25) is 5.88 Å². The van der Waals surface area contributed by atoms with Crippen LogP contribution in [0.1, 0.15) is 11.4 Å². The van der Waals surface area contributed by atoms with E-state index in [-0.39, 0.29) is 11.4 Å². The van der Waals surface area contributed by atoms with Gasteiger partial charge in [0.25, 0.3) is 0 Å². The van der Waals surface area contributed by atoms with E-state index in [9.17, 15) is 0 Å². The fourth-order valence-corrected chi connectivity index (χ4v) is 1.39. The van der Waals surface area contributed by atoms with Crippen molar-refractivity contribution in [3.63, 3.8) is 0 Å². The molecule has 0 spiro atoms. The molecule has 17 heavy (non-hydrogen) atoms. The van der Waals surface area contributed by atoms with Gasteiger partial charge in [-0.2, -0.15) is 10.5 Å². The molecule has 6 heteroatoms. The first kappa shape index (κ1) is 10.7. The van der Waals surface area contributed by atoms with Gasteiger partial charge in [0, 0.05) is 12.3 Å². The van der Waals surface area contributed by atoms with Crippen molar-refractivity contribution in [3.05, 3.63) is 36.0 Å². The molecule has 0 saturated carbocycles. The van der Waals surface area contributed by atoms with E-state index in [2.05, 4.69) is 9.97 Å². The van der Waals surface area contributed by atoms with Gasteiger partial charge >= 0.3 is 0 Å². The lowest BCUT2D eigenvalue weighted by Gasteiger charge is -2.04. The third kappa shape index (κ3) is 1.80. The van der Waals surface area contributed by atoms with Crippen molar-refractivity contribution in [1.29, 1.82) is 10.5 Å². The first-order valence-electron chi connectivity index (χ1n) is 4.68. The van der Waals surface area contributed by atoms with Gasteiger partial charge in [-0.3, -0.25) is 4.57 Å². The molecule has 0 fully saturated rings. The fraction of sp³-hybridized carbons (Fsp3) is 0.0909.